The number of nitrogens with zero attached hydrogens (tertiary/aromatic N) is 2. The lowest BCUT2D eigenvalue weighted by Gasteiger charge is -2.06. The molecule has 17 heavy (non-hydrogen) atoms. The highest BCUT2D eigenvalue weighted by Gasteiger charge is 2.09. The lowest BCUT2D eigenvalue weighted by Crippen LogP contribution is -2.17. The summed E-state index contributed by atoms with van der Waals surface area (Å²) in [5.41, 5.74) is 0.187. The molecule has 5 heteroatoms. The number of carbonyl (C=O) groups is 1. The predicted octanol–water partition coefficient (Wildman–Crippen LogP) is 1.74. The van der Waals surface area contributed by atoms with Gasteiger partial charge in [-0.05, 0) is 12.1 Å². The van der Waals surface area contributed by atoms with Gasteiger partial charge in [-0.15, -0.1) is 0 Å². The molecule has 0 aliphatic heterocycles. The van der Waals surface area contributed by atoms with Crippen LogP contribution in [0.5, 0.6) is 0 Å². The van der Waals surface area contributed by atoms with Crippen molar-refractivity contribution in [3.05, 3.63) is 48.3 Å². The molecule has 0 radical (unpaired) electrons. The number of imidazole rings is 1. The molecule has 0 saturated carbocycles. The maximum absolute atomic E-state index is 13.3. The second-order valence-corrected chi connectivity index (χ2v) is 3.66. The van der Waals surface area contributed by atoms with Crippen LogP contribution in [0.1, 0.15) is 5.82 Å². The molecule has 0 atom stereocenters. The predicted molar refractivity (Wildman–Crippen MR) is 61.9 cm³/mol. The molecule has 0 aliphatic rings. The SMILES string of the molecule is Cn1ccnc1CC(=O)Nc1ccccc1F. The van der Waals surface area contributed by atoms with Gasteiger partial charge in [-0.3, -0.25) is 4.79 Å². The van der Waals surface area contributed by atoms with Crippen LogP contribution in [0.15, 0.2) is 36.7 Å². The Kier molecular flexibility index (Phi) is 3.18. The summed E-state index contributed by atoms with van der Waals surface area (Å²) in [5.74, 6) is -0.0936. The van der Waals surface area contributed by atoms with Crippen molar-refractivity contribution in [3.8, 4) is 0 Å². The van der Waals surface area contributed by atoms with E-state index in [1.165, 1.54) is 12.1 Å². The van der Waals surface area contributed by atoms with Crippen molar-refractivity contribution in [2.24, 2.45) is 7.05 Å². The highest BCUT2D eigenvalue weighted by atomic mass is 19.1. The van der Waals surface area contributed by atoms with Gasteiger partial charge in [-0.25, -0.2) is 9.37 Å². The van der Waals surface area contributed by atoms with Gasteiger partial charge in [0, 0.05) is 19.4 Å². The van der Waals surface area contributed by atoms with Crippen LogP contribution in [0.25, 0.3) is 0 Å². The van der Waals surface area contributed by atoms with Crippen molar-refractivity contribution in [1.29, 1.82) is 0 Å². The average Bonchev–Trinajstić information content (AvgIpc) is 2.68. The van der Waals surface area contributed by atoms with Crippen LogP contribution in [0.2, 0.25) is 0 Å². The minimum absolute atomic E-state index is 0.123. The highest BCUT2D eigenvalue weighted by molar-refractivity contribution is 5.91. The number of aromatic nitrogens is 2. The third-order valence-electron chi connectivity index (χ3n) is 2.39. The van der Waals surface area contributed by atoms with Crippen molar-refractivity contribution in [1.82, 2.24) is 9.55 Å². The normalized spacial score (nSPS) is 10.2. The molecular formula is C12H12FN3O. The third-order valence-corrected chi connectivity index (χ3v) is 2.39. The van der Waals surface area contributed by atoms with Crippen molar-refractivity contribution < 1.29 is 9.18 Å². The van der Waals surface area contributed by atoms with Gasteiger partial charge in [-0.1, -0.05) is 12.1 Å². The number of halogens is 1. The van der Waals surface area contributed by atoms with Gasteiger partial charge in [0.2, 0.25) is 5.91 Å². The molecule has 1 amide bonds. The summed E-state index contributed by atoms with van der Waals surface area (Å²) >= 11 is 0. The number of hydrogen-bond acceptors (Lipinski definition) is 2. The topological polar surface area (TPSA) is 46.9 Å². The Labute approximate surface area is 98.1 Å². The number of nitrogens with one attached hydrogen (secondary N) is 1. The van der Waals surface area contributed by atoms with Gasteiger partial charge in [0.25, 0.3) is 0 Å². The summed E-state index contributed by atoms with van der Waals surface area (Å²) in [6, 6.07) is 6.06. The molecule has 0 spiro atoms. The van der Waals surface area contributed by atoms with Crippen LogP contribution in [-0.2, 0) is 18.3 Å². The van der Waals surface area contributed by atoms with Crippen LogP contribution in [-0.4, -0.2) is 15.5 Å². The van der Waals surface area contributed by atoms with Crippen LogP contribution in [0.3, 0.4) is 0 Å². The summed E-state index contributed by atoms with van der Waals surface area (Å²) in [4.78, 5) is 15.7. The quantitative estimate of drug-likeness (QED) is 0.877. The number of para-hydroxylation sites is 1. The Morgan fingerprint density at radius 2 is 2.24 bits per heavy atom. The van der Waals surface area contributed by atoms with Crippen LogP contribution < -0.4 is 5.32 Å². The van der Waals surface area contributed by atoms with E-state index >= 15 is 0 Å². The summed E-state index contributed by atoms with van der Waals surface area (Å²) in [7, 11) is 1.80. The fraction of sp³-hybridized carbons (Fsp3) is 0.167. The molecule has 0 unspecified atom stereocenters. The molecular weight excluding hydrogens is 221 g/mol. The molecule has 1 N–H and O–H groups in total. The number of amides is 1. The second-order valence-electron chi connectivity index (χ2n) is 3.66. The molecule has 0 aliphatic carbocycles. The monoisotopic (exact) mass is 233 g/mol. The largest absolute Gasteiger partial charge is 0.338 e. The fourth-order valence-electron chi connectivity index (χ4n) is 1.47. The Balaban J connectivity index is 2.03. The Bertz CT molecular complexity index is 536. The van der Waals surface area contributed by atoms with Crippen molar-refractivity contribution >= 4 is 11.6 Å². The molecule has 1 aromatic heterocycles. The van der Waals surface area contributed by atoms with Gasteiger partial charge >= 0.3 is 0 Å². The summed E-state index contributed by atoms with van der Waals surface area (Å²) in [5, 5.41) is 2.51. The van der Waals surface area contributed by atoms with E-state index in [-0.39, 0.29) is 18.0 Å². The van der Waals surface area contributed by atoms with E-state index in [0.717, 1.165) is 0 Å². The van der Waals surface area contributed by atoms with E-state index in [9.17, 15) is 9.18 Å². The molecule has 88 valence electrons. The third kappa shape index (κ3) is 2.69. The highest BCUT2D eigenvalue weighted by Crippen LogP contribution is 2.12. The van der Waals surface area contributed by atoms with Crippen LogP contribution >= 0.6 is 0 Å². The fourth-order valence-corrected chi connectivity index (χ4v) is 1.47. The van der Waals surface area contributed by atoms with E-state index < -0.39 is 5.82 Å². The molecule has 1 heterocycles. The number of hydrogen-bond donors (Lipinski definition) is 1. The van der Waals surface area contributed by atoms with Crippen molar-refractivity contribution in [2.75, 3.05) is 5.32 Å². The minimum Gasteiger partial charge on any atom is -0.338 e. The first kappa shape index (κ1) is 11.3. The molecule has 4 nitrogen and oxygen atoms in total. The first-order chi connectivity index (χ1) is 8.16. The van der Waals surface area contributed by atoms with E-state index in [4.69, 9.17) is 0 Å². The maximum Gasteiger partial charge on any atom is 0.232 e. The number of benzene rings is 1. The smallest absolute Gasteiger partial charge is 0.232 e. The Hall–Kier alpha value is -2.17. The van der Waals surface area contributed by atoms with E-state index in [1.54, 1.807) is 36.1 Å². The molecule has 0 fully saturated rings. The molecule has 0 bridgehead atoms. The van der Waals surface area contributed by atoms with Crippen molar-refractivity contribution in [2.45, 2.75) is 6.42 Å². The zero-order chi connectivity index (χ0) is 12.3. The lowest BCUT2D eigenvalue weighted by molar-refractivity contribution is -0.115. The zero-order valence-electron chi connectivity index (χ0n) is 9.35. The second kappa shape index (κ2) is 4.78. The van der Waals surface area contributed by atoms with Gasteiger partial charge in [0.15, 0.2) is 0 Å². The van der Waals surface area contributed by atoms with E-state index in [2.05, 4.69) is 10.3 Å². The first-order valence-corrected chi connectivity index (χ1v) is 5.17. The Morgan fingerprint density at radius 3 is 2.88 bits per heavy atom. The van der Waals surface area contributed by atoms with Crippen LogP contribution in [0, 0.1) is 5.82 Å². The van der Waals surface area contributed by atoms with Gasteiger partial charge in [0.1, 0.15) is 11.6 Å². The minimum atomic E-state index is -0.444. The average molecular weight is 233 g/mol. The standard InChI is InChI=1S/C12H12FN3O/c1-16-7-6-14-11(16)8-12(17)15-10-5-3-2-4-9(10)13/h2-7H,8H2,1H3,(H,15,17). The maximum atomic E-state index is 13.3. The number of aryl methyl sites for hydroxylation is 1. The number of carbonyl (C=O) groups excluding carboxylic acids is 1. The van der Waals surface area contributed by atoms with Gasteiger partial charge in [0.05, 0.1) is 12.1 Å². The van der Waals surface area contributed by atoms with Crippen LogP contribution in [0.4, 0.5) is 10.1 Å². The number of anilines is 1. The van der Waals surface area contributed by atoms with Gasteiger partial charge in [-0.2, -0.15) is 0 Å². The van der Waals surface area contributed by atoms with E-state index in [0.29, 0.717) is 5.82 Å². The van der Waals surface area contributed by atoms with Gasteiger partial charge < -0.3 is 9.88 Å². The summed E-state index contributed by atoms with van der Waals surface area (Å²) < 4.78 is 15.0. The molecule has 2 rings (SSSR count). The van der Waals surface area contributed by atoms with Crippen molar-refractivity contribution in [3.63, 3.8) is 0 Å². The zero-order valence-corrected chi connectivity index (χ0v) is 9.35. The summed E-state index contributed by atoms with van der Waals surface area (Å²) in [6.07, 6.45) is 3.50. The molecule has 2 aromatic rings. The first-order valence-electron chi connectivity index (χ1n) is 5.17. The lowest BCUT2D eigenvalue weighted by atomic mass is 10.3. The Morgan fingerprint density at radius 1 is 1.47 bits per heavy atom. The molecule has 0 saturated heterocycles. The molecule has 1 aromatic carbocycles. The van der Waals surface area contributed by atoms with E-state index in [1.807, 2.05) is 0 Å². The number of rotatable bonds is 3. The summed E-state index contributed by atoms with van der Waals surface area (Å²) in [6.45, 7) is 0.